The first kappa shape index (κ1) is 13.1. The van der Waals surface area contributed by atoms with E-state index in [0.717, 1.165) is 17.8 Å². The summed E-state index contributed by atoms with van der Waals surface area (Å²) in [6.07, 6.45) is 0.981. The van der Waals surface area contributed by atoms with Gasteiger partial charge in [-0.25, -0.2) is 4.98 Å². The molecule has 1 unspecified atom stereocenters. The van der Waals surface area contributed by atoms with Crippen LogP contribution in [0.15, 0.2) is 18.2 Å². The second kappa shape index (κ2) is 5.11. The average Bonchev–Trinajstić information content (AvgIpc) is 2.67. The Morgan fingerprint density at radius 3 is 2.61 bits per heavy atom. The fraction of sp³-hybridized carbons (Fsp3) is 0.533. The minimum atomic E-state index is 0.408. The highest BCUT2D eigenvalue weighted by Crippen LogP contribution is 2.27. The summed E-state index contributed by atoms with van der Waals surface area (Å²) in [6, 6.07) is 6.91. The first-order chi connectivity index (χ1) is 8.54. The average molecular weight is 245 g/mol. The molecule has 0 aliphatic carbocycles. The standard InChI is InChI=1S/C15H23N3/c1-10(2)18-14-6-5-11(3)9-13(14)17-15(18)12(4)7-8-16/h5-6,9-10,12H,7-8,16H2,1-4H3. The Morgan fingerprint density at radius 1 is 1.28 bits per heavy atom. The summed E-state index contributed by atoms with van der Waals surface area (Å²) in [4.78, 5) is 4.82. The molecule has 0 saturated carbocycles. The van der Waals surface area contributed by atoms with E-state index in [1.165, 1.54) is 11.1 Å². The molecule has 3 nitrogen and oxygen atoms in total. The summed E-state index contributed by atoms with van der Waals surface area (Å²) >= 11 is 0. The van der Waals surface area contributed by atoms with Gasteiger partial charge in [-0.3, -0.25) is 0 Å². The molecule has 2 N–H and O–H groups in total. The van der Waals surface area contributed by atoms with E-state index in [9.17, 15) is 0 Å². The monoisotopic (exact) mass is 245 g/mol. The Kier molecular flexibility index (Phi) is 3.71. The maximum atomic E-state index is 5.67. The van der Waals surface area contributed by atoms with Crippen LogP contribution in [0.3, 0.4) is 0 Å². The van der Waals surface area contributed by atoms with E-state index in [1.807, 2.05) is 0 Å². The van der Waals surface area contributed by atoms with Crippen molar-refractivity contribution in [3.05, 3.63) is 29.6 Å². The molecule has 0 fully saturated rings. The molecule has 1 atom stereocenters. The van der Waals surface area contributed by atoms with Gasteiger partial charge in [0.1, 0.15) is 5.82 Å². The van der Waals surface area contributed by atoms with Gasteiger partial charge in [0.15, 0.2) is 0 Å². The summed E-state index contributed by atoms with van der Waals surface area (Å²) in [5.41, 5.74) is 9.26. The summed E-state index contributed by atoms with van der Waals surface area (Å²) in [6.45, 7) is 9.44. The summed E-state index contributed by atoms with van der Waals surface area (Å²) in [7, 11) is 0. The van der Waals surface area contributed by atoms with Crippen LogP contribution in [0.1, 0.15) is 50.5 Å². The molecule has 0 radical (unpaired) electrons. The first-order valence-corrected chi connectivity index (χ1v) is 6.73. The van der Waals surface area contributed by atoms with Crippen LogP contribution in [0, 0.1) is 6.92 Å². The Hall–Kier alpha value is -1.35. The number of benzene rings is 1. The van der Waals surface area contributed by atoms with Gasteiger partial charge in [-0.2, -0.15) is 0 Å². The zero-order chi connectivity index (χ0) is 13.3. The quantitative estimate of drug-likeness (QED) is 0.897. The fourth-order valence-corrected chi connectivity index (χ4v) is 2.50. The van der Waals surface area contributed by atoms with Crippen LogP contribution in [-0.4, -0.2) is 16.1 Å². The predicted octanol–water partition coefficient (Wildman–Crippen LogP) is 3.38. The van der Waals surface area contributed by atoms with Gasteiger partial charge in [-0.15, -0.1) is 0 Å². The topological polar surface area (TPSA) is 43.8 Å². The van der Waals surface area contributed by atoms with Crippen LogP contribution in [0.25, 0.3) is 11.0 Å². The molecule has 98 valence electrons. The molecule has 1 aromatic heterocycles. The van der Waals surface area contributed by atoms with Gasteiger partial charge in [-0.1, -0.05) is 13.0 Å². The normalized spacial score (nSPS) is 13.4. The lowest BCUT2D eigenvalue weighted by atomic mass is 10.1. The zero-order valence-corrected chi connectivity index (χ0v) is 11.8. The van der Waals surface area contributed by atoms with E-state index < -0.39 is 0 Å². The molecule has 0 amide bonds. The van der Waals surface area contributed by atoms with Gasteiger partial charge < -0.3 is 10.3 Å². The molecule has 2 rings (SSSR count). The molecule has 18 heavy (non-hydrogen) atoms. The van der Waals surface area contributed by atoms with Crippen LogP contribution in [0.4, 0.5) is 0 Å². The number of hydrogen-bond acceptors (Lipinski definition) is 2. The summed E-state index contributed by atoms with van der Waals surface area (Å²) < 4.78 is 2.34. The summed E-state index contributed by atoms with van der Waals surface area (Å²) in [5, 5.41) is 0. The van der Waals surface area contributed by atoms with Crippen LogP contribution >= 0.6 is 0 Å². The molecule has 2 aromatic rings. The van der Waals surface area contributed by atoms with Crippen LogP contribution < -0.4 is 5.73 Å². The second-order valence-corrected chi connectivity index (χ2v) is 5.40. The largest absolute Gasteiger partial charge is 0.330 e. The SMILES string of the molecule is Cc1ccc2c(c1)nc(C(C)CCN)n2C(C)C. The molecule has 3 heteroatoms. The van der Waals surface area contributed by atoms with Crippen molar-refractivity contribution in [1.29, 1.82) is 0 Å². The maximum Gasteiger partial charge on any atom is 0.113 e. The van der Waals surface area contributed by atoms with Crippen LogP contribution in [0.5, 0.6) is 0 Å². The fourth-order valence-electron chi connectivity index (χ4n) is 2.50. The number of nitrogens with two attached hydrogens (primary N) is 1. The van der Waals surface area contributed by atoms with E-state index in [2.05, 4.69) is 50.5 Å². The smallest absolute Gasteiger partial charge is 0.113 e. The predicted molar refractivity (Wildman–Crippen MR) is 76.9 cm³/mol. The molecule has 0 spiro atoms. The molecule has 1 aromatic carbocycles. The van der Waals surface area contributed by atoms with E-state index in [1.54, 1.807) is 0 Å². The Morgan fingerprint density at radius 2 is 2.00 bits per heavy atom. The van der Waals surface area contributed by atoms with Gasteiger partial charge in [0, 0.05) is 12.0 Å². The van der Waals surface area contributed by atoms with Gasteiger partial charge in [0.25, 0.3) is 0 Å². The van der Waals surface area contributed by atoms with E-state index in [0.29, 0.717) is 18.5 Å². The minimum Gasteiger partial charge on any atom is -0.330 e. The third-order valence-corrected chi connectivity index (χ3v) is 3.43. The summed E-state index contributed by atoms with van der Waals surface area (Å²) in [5.74, 6) is 1.57. The molecule has 0 aliphatic rings. The van der Waals surface area contributed by atoms with Crippen molar-refractivity contribution >= 4 is 11.0 Å². The molecule has 1 heterocycles. The molecule has 0 aliphatic heterocycles. The number of aromatic nitrogens is 2. The van der Waals surface area contributed by atoms with Crippen LogP contribution in [-0.2, 0) is 0 Å². The number of hydrogen-bond donors (Lipinski definition) is 1. The third-order valence-electron chi connectivity index (χ3n) is 3.43. The zero-order valence-electron chi connectivity index (χ0n) is 11.8. The highest BCUT2D eigenvalue weighted by Gasteiger charge is 2.17. The first-order valence-electron chi connectivity index (χ1n) is 6.73. The molecular weight excluding hydrogens is 222 g/mol. The maximum absolute atomic E-state index is 5.67. The Balaban J connectivity index is 2.60. The van der Waals surface area contributed by atoms with Crippen LogP contribution in [0.2, 0.25) is 0 Å². The van der Waals surface area contributed by atoms with Gasteiger partial charge in [0.2, 0.25) is 0 Å². The Labute approximate surface area is 109 Å². The number of imidazole rings is 1. The van der Waals surface area contributed by atoms with Crippen molar-refractivity contribution in [3.8, 4) is 0 Å². The van der Waals surface area contributed by atoms with Crippen molar-refractivity contribution in [2.24, 2.45) is 5.73 Å². The molecule has 0 bridgehead atoms. The van der Waals surface area contributed by atoms with Gasteiger partial charge in [0.05, 0.1) is 11.0 Å². The highest BCUT2D eigenvalue weighted by molar-refractivity contribution is 5.77. The lowest BCUT2D eigenvalue weighted by Crippen LogP contribution is -2.12. The second-order valence-electron chi connectivity index (χ2n) is 5.40. The lowest BCUT2D eigenvalue weighted by Gasteiger charge is -2.17. The minimum absolute atomic E-state index is 0.408. The van der Waals surface area contributed by atoms with Crippen molar-refractivity contribution < 1.29 is 0 Å². The number of rotatable bonds is 4. The van der Waals surface area contributed by atoms with Crippen molar-refractivity contribution in [3.63, 3.8) is 0 Å². The van der Waals surface area contributed by atoms with E-state index in [4.69, 9.17) is 10.7 Å². The van der Waals surface area contributed by atoms with Crippen molar-refractivity contribution in [2.75, 3.05) is 6.54 Å². The van der Waals surface area contributed by atoms with Crippen molar-refractivity contribution in [1.82, 2.24) is 9.55 Å². The van der Waals surface area contributed by atoms with E-state index >= 15 is 0 Å². The number of fused-ring (bicyclic) bond motifs is 1. The number of aryl methyl sites for hydroxylation is 1. The van der Waals surface area contributed by atoms with E-state index in [-0.39, 0.29) is 0 Å². The lowest BCUT2D eigenvalue weighted by molar-refractivity contribution is 0.538. The van der Waals surface area contributed by atoms with Gasteiger partial charge >= 0.3 is 0 Å². The third kappa shape index (κ3) is 2.27. The highest BCUT2D eigenvalue weighted by atomic mass is 15.1. The van der Waals surface area contributed by atoms with Gasteiger partial charge in [-0.05, 0) is 51.4 Å². The molecule has 0 saturated heterocycles. The number of nitrogens with zero attached hydrogens (tertiary/aromatic N) is 2. The van der Waals surface area contributed by atoms with Crippen molar-refractivity contribution in [2.45, 2.75) is 46.1 Å². The molecular formula is C15H23N3. The Bertz CT molecular complexity index is 540.